The number of aromatic amines is 1. The Balaban J connectivity index is 1.72. The molecule has 0 spiro atoms. The van der Waals surface area contributed by atoms with Crippen LogP contribution in [-0.2, 0) is 6.18 Å². The van der Waals surface area contributed by atoms with Crippen LogP contribution < -0.4 is 11.1 Å². The van der Waals surface area contributed by atoms with Crippen molar-refractivity contribution in [2.45, 2.75) is 24.7 Å². The number of halogens is 3. The number of hydrogen-bond acceptors (Lipinski definition) is 6. The Hall–Kier alpha value is -3.21. The van der Waals surface area contributed by atoms with E-state index in [0.717, 1.165) is 12.6 Å². The van der Waals surface area contributed by atoms with Crippen LogP contribution in [0.2, 0.25) is 0 Å². The van der Waals surface area contributed by atoms with Gasteiger partial charge in [0, 0.05) is 24.5 Å². The lowest BCUT2D eigenvalue weighted by Crippen LogP contribution is -2.17. The van der Waals surface area contributed by atoms with Gasteiger partial charge in [0.15, 0.2) is 5.65 Å². The molecule has 8 nitrogen and oxygen atoms in total. The Morgan fingerprint density at radius 3 is 2.81 bits per heavy atom. The summed E-state index contributed by atoms with van der Waals surface area (Å²) in [7, 11) is 0. The highest BCUT2D eigenvalue weighted by Crippen LogP contribution is 2.38. The third-order valence-electron chi connectivity index (χ3n) is 4.52. The van der Waals surface area contributed by atoms with Crippen LogP contribution in [-0.4, -0.2) is 41.9 Å². The molecule has 27 heavy (non-hydrogen) atoms. The molecule has 1 aliphatic rings. The van der Waals surface area contributed by atoms with Crippen LogP contribution in [0.3, 0.4) is 0 Å². The highest BCUT2D eigenvalue weighted by Gasteiger charge is 2.38. The number of aromatic nitrogens is 6. The first-order chi connectivity index (χ1) is 12.9. The molecule has 5 rings (SSSR count). The van der Waals surface area contributed by atoms with E-state index < -0.39 is 11.7 Å². The number of pyridine rings is 1. The topological polar surface area (TPSA) is 110 Å². The third kappa shape index (κ3) is 2.58. The van der Waals surface area contributed by atoms with Gasteiger partial charge >= 0.3 is 6.18 Å². The number of nitrogens with zero attached hydrogens (tertiary/aromatic N) is 5. The summed E-state index contributed by atoms with van der Waals surface area (Å²) < 4.78 is 42.3. The Labute approximate surface area is 149 Å². The summed E-state index contributed by atoms with van der Waals surface area (Å²) in [5, 5.41) is 14.4. The molecule has 0 radical (unpaired) electrons. The predicted octanol–water partition coefficient (Wildman–Crippen LogP) is 2.20. The lowest BCUT2D eigenvalue weighted by molar-refractivity contribution is -0.137. The molecular weight excluding hydrogens is 361 g/mol. The van der Waals surface area contributed by atoms with Gasteiger partial charge in [-0.2, -0.15) is 18.3 Å². The normalized spacial score (nSPS) is 19.7. The summed E-state index contributed by atoms with van der Waals surface area (Å²) in [6.45, 7) is 0. The first-order valence-electron chi connectivity index (χ1n) is 8.20. The maximum atomic E-state index is 13.6. The van der Waals surface area contributed by atoms with E-state index in [1.165, 1.54) is 0 Å². The second-order valence-electron chi connectivity index (χ2n) is 6.43. The van der Waals surface area contributed by atoms with Crippen LogP contribution in [0.4, 0.5) is 19.1 Å². The number of H-pyrrole nitrogens is 1. The van der Waals surface area contributed by atoms with E-state index in [0.29, 0.717) is 16.6 Å². The highest BCUT2D eigenvalue weighted by atomic mass is 19.4. The maximum absolute atomic E-state index is 13.6. The lowest BCUT2D eigenvalue weighted by Gasteiger charge is -2.12. The van der Waals surface area contributed by atoms with E-state index in [1.54, 1.807) is 28.9 Å². The number of anilines is 1. The minimum atomic E-state index is -4.63. The molecule has 4 heterocycles. The van der Waals surface area contributed by atoms with E-state index >= 15 is 0 Å². The summed E-state index contributed by atoms with van der Waals surface area (Å²) >= 11 is 0. The summed E-state index contributed by atoms with van der Waals surface area (Å²) in [6.07, 6.45) is -1.43. The maximum Gasteiger partial charge on any atom is 0.420 e. The van der Waals surface area contributed by atoms with Crippen molar-refractivity contribution in [3.8, 4) is 11.4 Å². The van der Waals surface area contributed by atoms with Crippen molar-refractivity contribution in [3.05, 3.63) is 36.2 Å². The smallest absolute Gasteiger partial charge is 0.350 e. The van der Waals surface area contributed by atoms with Crippen molar-refractivity contribution in [2.24, 2.45) is 5.73 Å². The standard InChI is InChI=1S/C16H13F3N8/c17-16(18,19)7-6-21-15(22-9-5-8(9)20)23-12(7)13-11-10-3-1-2-4-27(10)26-14(11)25-24-13/h1-4,6,8-9H,5,20H2,(H,25,26)(H,21,22,23)/t8-,9-/m0/s1. The fraction of sp³-hybridized carbons (Fsp3) is 0.250. The summed E-state index contributed by atoms with van der Waals surface area (Å²) in [5.41, 5.74) is 5.55. The molecule has 11 heteroatoms. The highest BCUT2D eigenvalue weighted by molar-refractivity contribution is 6.02. The number of rotatable bonds is 3. The van der Waals surface area contributed by atoms with Crippen molar-refractivity contribution in [1.29, 1.82) is 0 Å². The molecule has 0 aromatic carbocycles. The molecule has 4 aromatic heterocycles. The zero-order valence-electron chi connectivity index (χ0n) is 13.7. The molecule has 1 fully saturated rings. The fourth-order valence-corrected chi connectivity index (χ4v) is 3.03. The number of hydrogen-bond donors (Lipinski definition) is 3. The van der Waals surface area contributed by atoms with Crippen molar-refractivity contribution in [1.82, 2.24) is 29.8 Å². The van der Waals surface area contributed by atoms with E-state index in [4.69, 9.17) is 5.73 Å². The third-order valence-corrected chi connectivity index (χ3v) is 4.52. The molecule has 2 atom stereocenters. The number of nitrogens with two attached hydrogens (primary N) is 1. The molecular formula is C16H13F3N8. The van der Waals surface area contributed by atoms with Gasteiger partial charge in [-0.3, -0.25) is 5.10 Å². The van der Waals surface area contributed by atoms with E-state index in [-0.39, 0.29) is 29.4 Å². The van der Waals surface area contributed by atoms with Crippen molar-refractivity contribution in [2.75, 3.05) is 5.32 Å². The second-order valence-corrected chi connectivity index (χ2v) is 6.43. The molecule has 0 unspecified atom stereocenters. The van der Waals surface area contributed by atoms with Gasteiger partial charge in [-0.1, -0.05) is 6.07 Å². The predicted molar refractivity (Wildman–Crippen MR) is 90.9 cm³/mol. The summed E-state index contributed by atoms with van der Waals surface area (Å²) in [6, 6.07) is 5.23. The van der Waals surface area contributed by atoms with Crippen LogP contribution in [0.5, 0.6) is 0 Å². The van der Waals surface area contributed by atoms with Gasteiger partial charge in [-0.05, 0) is 18.6 Å². The van der Waals surface area contributed by atoms with Gasteiger partial charge in [0.2, 0.25) is 5.95 Å². The quantitative estimate of drug-likeness (QED) is 0.507. The molecule has 138 valence electrons. The SMILES string of the molecule is N[C@H]1C[C@@H]1Nc1ncc(C(F)(F)F)c(-c2n[nH]c3nn4ccccc4c23)n1. The van der Waals surface area contributed by atoms with Crippen LogP contribution >= 0.6 is 0 Å². The average Bonchev–Trinajstić information content (AvgIpc) is 3.04. The summed E-state index contributed by atoms with van der Waals surface area (Å²) in [5.74, 6) is 0.0866. The first-order valence-corrected chi connectivity index (χ1v) is 8.20. The van der Waals surface area contributed by atoms with Crippen LogP contribution in [0, 0.1) is 0 Å². The molecule has 0 saturated heterocycles. The fourth-order valence-electron chi connectivity index (χ4n) is 3.03. The van der Waals surface area contributed by atoms with Crippen molar-refractivity contribution >= 4 is 22.5 Å². The zero-order valence-corrected chi connectivity index (χ0v) is 13.7. The molecule has 1 aliphatic carbocycles. The number of alkyl halides is 3. The van der Waals surface area contributed by atoms with E-state index in [1.807, 2.05) is 0 Å². The molecule has 0 amide bonds. The van der Waals surface area contributed by atoms with Crippen LogP contribution in [0.15, 0.2) is 30.6 Å². The molecule has 4 aromatic rings. The largest absolute Gasteiger partial charge is 0.420 e. The van der Waals surface area contributed by atoms with Crippen LogP contribution in [0.25, 0.3) is 27.9 Å². The van der Waals surface area contributed by atoms with Gasteiger partial charge in [-0.25, -0.2) is 14.5 Å². The Bertz CT molecular complexity index is 1160. The van der Waals surface area contributed by atoms with Crippen molar-refractivity contribution < 1.29 is 13.2 Å². The minimum absolute atomic E-state index is 0.0363. The van der Waals surface area contributed by atoms with Crippen molar-refractivity contribution in [3.63, 3.8) is 0 Å². The van der Waals surface area contributed by atoms with Gasteiger partial charge in [0.1, 0.15) is 17.0 Å². The monoisotopic (exact) mass is 374 g/mol. The Kier molecular flexibility index (Phi) is 3.20. The van der Waals surface area contributed by atoms with E-state index in [2.05, 4.69) is 30.6 Å². The molecule has 0 bridgehead atoms. The Morgan fingerprint density at radius 2 is 2.07 bits per heavy atom. The molecule has 1 saturated carbocycles. The lowest BCUT2D eigenvalue weighted by atomic mass is 10.1. The van der Waals surface area contributed by atoms with Gasteiger partial charge in [-0.15, -0.1) is 5.10 Å². The van der Waals surface area contributed by atoms with Gasteiger partial charge < -0.3 is 11.1 Å². The Morgan fingerprint density at radius 1 is 1.26 bits per heavy atom. The van der Waals surface area contributed by atoms with Gasteiger partial charge in [0.25, 0.3) is 0 Å². The second kappa shape index (κ2) is 5.39. The molecule has 4 N–H and O–H groups in total. The summed E-state index contributed by atoms with van der Waals surface area (Å²) in [4.78, 5) is 7.92. The zero-order chi connectivity index (χ0) is 18.8. The van der Waals surface area contributed by atoms with Gasteiger partial charge in [0.05, 0.1) is 10.9 Å². The van der Waals surface area contributed by atoms with Crippen LogP contribution in [0.1, 0.15) is 12.0 Å². The number of nitrogens with one attached hydrogen (secondary N) is 2. The first kappa shape index (κ1) is 16.0. The number of fused-ring (bicyclic) bond motifs is 3. The molecule has 0 aliphatic heterocycles. The van der Waals surface area contributed by atoms with E-state index in [9.17, 15) is 13.2 Å². The minimum Gasteiger partial charge on any atom is -0.350 e. The average molecular weight is 374 g/mol.